The third-order valence-electron chi connectivity index (χ3n) is 3.19. The Kier molecular flexibility index (Phi) is 5.35. The third-order valence-corrected chi connectivity index (χ3v) is 3.19. The van der Waals surface area contributed by atoms with E-state index < -0.39 is 0 Å². The molecule has 1 aromatic rings. The minimum absolute atomic E-state index is 0.115. The van der Waals surface area contributed by atoms with E-state index in [4.69, 9.17) is 0 Å². The highest BCUT2D eigenvalue weighted by Crippen LogP contribution is 2.18. The Labute approximate surface area is 120 Å². The van der Waals surface area contributed by atoms with Crippen LogP contribution in [0.4, 0.5) is 5.82 Å². The van der Waals surface area contributed by atoms with Gasteiger partial charge in [-0.2, -0.15) is 0 Å². The summed E-state index contributed by atoms with van der Waals surface area (Å²) >= 11 is 0. The Morgan fingerprint density at radius 3 is 2.85 bits per heavy atom. The summed E-state index contributed by atoms with van der Waals surface area (Å²) in [4.78, 5) is 18.1. The first-order valence-corrected chi connectivity index (χ1v) is 7.34. The van der Waals surface area contributed by atoms with Crippen LogP contribution in [-0.2, 0) is 11.3 Å². The van der Waals surface area contributed by atoms with Crippen molar-refractivity contribution in [3.63, 3.8) is 0 Å². The second-order valence-corrected chi connectivity index (χ2v) is 5.49. The van der Waals surface area contributed by atoms with Gasteiger partial charge in [0.2, 0.25) is 5.91 Å². The molecule has 1 heterocycles. The van der Waals surface area contributed by atoms with E-state index in [9.17, 15) is 4.79 Å². The van der Waals surface area contributed by atoms with Crippen molar-refractivity contribution in [2.45, 2.75) is 38.8 Å². The van der Waals surface area contributed by atoms with Gasteiger partial charge in [0.25, 0.3) is 0 Å². The van der Waals surface area contributed by atoms with Crippen molar-refractivity contribution < 1.29 is 4.79 Å². The summed E-state index contributed by atoms with van der Waals surface area (Å²) in [6.07, 6.45) is 5.22. The zero-order valence-corrected chi connectivity index (χ0v) is 12.4. The Hall–Kier alpha value is -1.62. The SMILES string of the molecule is CCCNc1ccc(CN(C)CC(=O)NC2CC2)cn1. The van der Waals surface area contributed by atoms with Gasteiger partial charge < -0.3 is 10.6 Å². The summed E-state index contributed by atoms with van der Waals surface area (Å²) in [6.45, 7) is 4.24. The van der Waals surface area contributed by atoms with Crippen LogP contribution in [-0.4, -0.2) is 42.0 Å². The molecule has 1 aliphatic carbocycles. The zero-order valence-electron chi connectivity index (χ0n) is 12.4. The van der Waals surface area contributed by atoms with Gasteiger partial charge in [0, 0.05) is 25.3 Å². The van der Waals surface area contributed by atoms with E-state index in [1.54, 1.807) is 0 Å². The summed E-state index contributed by atoms with van der Waals surface area (Å²) < 4.78 is 0. The fourth-order valence-corrected chi connectivity index (χ4v) is 1.99. The smallest absolute Gasteiger partial charge is 0.234 e. The molecule has 20 heavy (non-hydrogen) atoms. The second-order valence-electron chi connectivity index (χ2n) is 5.49. The first-order valence-electron chi connectivity index (χ1n) is 7.34. The van der Waals surface area contributed by atoms with Crippen LogP contribution in [0.2, 0.25) is 0 Å². The molecule has 0 saturated heterocycles. The number of hydrogen-bond acceptors (Lipinski definition) is 4. The van der Waals surface area contributed by atoms with Crippen LogP contribution in [0.3, 0.4) is 0 Å². The van der Waals surface area contributed by atoms with E-state index in [-0.39, 0.29) is 5.91 Å². The average molecular weight is 276 g/mol. The molecule has 1 saturated carbocycles. The maximum atomic E-state index is 11.7. The van der Waals surface area contributed by atoms with Crippen molar-refractivity contribution in [3.8, 4) is 0 Å². The Morgan fingerprint density at radius 1 is 1.45 bits per heavy atom. The Bertz CT molecular complexity index is 428. The molecule has 0 aliphatic heterocycles. The molecule has 0 spiro atoms. The Morgan fingerprint density at radius 2 is 2.25 bits per heavy atom. The molecule has 1 aromatic heterocycles. The molecule has 2 rings (SSSR count). The molecular formula is C15H24N4O. The molecule has 5 nitrogen and oxygen atoms in total. The van der Waals surface area contributed by atoms with Gasteiger partial charge in [-0.1, -0.05) is 13.0 Å². The third kappa shape index (κ3) is 5.17. The van der Waals surface area contributed by atoms with E-state index in [0.717, 1.165) is 43.7 Å². The number of anilines is 1. The topological polar surface area (TPSA) is 57.3 Å². The fourth-order valence-electron chi connectivity index (χ4n) is 1.99. The van der Waals surface area contributed by atoms with E-state index in [2.05, 4.69) is 28.6 Å². The van der Waals surface area contributed by atoms with E-state index >= 15 is 0 Å². The van der Waals surface area contributed by atoms with Crippen LogP contribution in [0.25, 0.3) is 0 Å². The quantitative estimate of drug-likeness (QED) is 0.757. The van der Waals surface area contributed by atoms with Crippen LogP contribution < -0.4 is 10.6 Å². The summed E-state index contributed by atoms with van der Waals surface area (Å²) in [7, 11) is 1.95. The number of nitrogens with one attached hydrogen (secondary N) is 2. The minimum atomic E-state index is 0.115. The largest absolute Gasteiger partial charge is 0.370 e. The molecule has 0 radical (unpaired) electrons. The van der Waals surface area contributed by atoms with Crippen molar-refractivity contribution in [1.82, 2.24) is 15.2 Å². The lowest BCUT2D eigenvalue weighted by Crippen LogP contribution is -2.35. The molecular weight excluding hydrogens is 252 g/mol. The number of rotatable bonds is 8. The summed E-state index contributed by atoms with van der Waals surface area (Å²) in [5.74, 6) is 1.02. The van der Waals surface area contributed by atoms with Gasteiger partial charge in [-0.3, -0.25) is 9.69 Å². The number of pyridine rings is 1. The van der Waals surface area contributed by atoms with E-state index in [0.29, 0.717) is 12.6 Å². The van der Waals surface area contributed by atoms with Gasteiger partial charge in [0.1, 0.15) is 5.82 Å². The highest BCUT2D eigenvalue weighted by atomic mass is 16.2. The lowest BCUT2D eigenvalue weighted by molar-refractivity contribution is -0.122. The van der Waals surface area contributed by atoms with Crippen molar-refractivity contribution in [2.75, 3.05) is 25.5 Å². The summed E-state index contributed by atoms with van der Waals surface area (Å²) in [5, 5.41) is 6.24. The Balaban J connectivity index is 1.74. The molecule has 5 heteroatoms. The number of hydrogen-bond donors (Lipinski definition) is 2. The first-order chi connectivity index (χ1) is 9.67. The molecule has 0 unspecified atom stereocenters. The average Bonchev–Trinajstić information content (AvgIpc) is 3.21. The number of nitrogens with zero attached hydrogens (tertiary/aromatic N) is 2. The van der Waals surface area contributed by atoms with E-state index in [1.807, 2.05) is 24.2 Å². The molecule has 2 N–H and O–H groups in total. The van der Waals surface area contributed by atoms with Crippen LogP contribution >= 0.6 is 0 Å². The fraction of sp³-hybridized carbons (Fsp3) is 0.600. The van der Waals surface area contributed by atoms with Gasteiger partial charge in [0.15, 0.2) is 0 Å². The molecule has 0 bridgehead atoms. The van der Waals surface area contributed by atoms with Gasteiger partial charge in [-0.25, -0.2) is 4.98 Å². The first kappa shape index (κ1) is 14.8. The number of likely N-dealkylation sites (N-methyl/N-ethyl adjacent to an activating group) is 1. The van der Waals surface area contributed by atoms with Crippen LogP contribution in [0.5, 0.6) is 0 Å². The van der Waals surface area contributed by atoms with Gasteiger partial charge >= 0.3 is 0 Å². The maximum absolute atomic E-state index is 11.7. The highest BCUT2D eigenvalue weighted by molar-refractivity contribution is 5.78. The van der Waals surface area contributed by atoms with Crippen molar-refractivity contribution >= 4 is 11.7 Å². The number of amides is 1. The van der Waals surface area contributed by atoms with Gasteiger partial charge in [-0.05, 0) is 37.9 Å². The van der Waals surface area contributed by atoms with Crippen molar-refractivity contribution in [3.05, 3.63) is 23.9 Å². The number of carbonyl (C=O) groups is 1. The number of aromatic nitrogens is 1. The molecule has 1 aliphatic rings. The van der Waals surface area contributed by atoms with Gasteiger partial charge in [-0.15, -0.1) is 0 Å². The zero-order chi connectivity index (χ0) is 14.4. The maximum Gasteiger partial charge on any atom is 0.234 e. The number of carbonyl (C=O) groups excluding carboxylic acids is 1. The molecule has 0 atom stereocenters. The summed E-state index contributed by atoms with van der Waals surface area (Å²) in [6, 6.07) is 4.48. The molecule has 1 amide bonds. The normalized spacial score (nSPS) is 14.3. The molecule has 110 valence electrons. The monoisotopic (exact) mass is 276 g/mol. The predicted octanol–water partition coefficient (Wildman–Crippen LogP) is 1.61. The lowest BCUT2D eigenvalue weighted by Gasteiger charge is -2.16. The van der Waals surface area contributed by atoms with Crippen LogP contribution in [0, 0.1) is 0 Å². The molecule has 0 aromatic carbocycles. The highest BCUT2D eigenvalue weighted by Gasteiger charge is 2.23. The van der Waals surface area contributed by atoms with Crippen molar-refractivity contribution in [2.24, 2.45) is 0 Å². The standard InChI is InChI=1S/C15H24N4O/c1-3-8-16-14-7-4-12(9-17-14)10-19(2)11-15(20)18-13-5-6-13/h4,7,9,13H,3,5-6,8,10-11H2,1-2H3,(H,16,17)(H,18,20). The van der Waals surface area contributed by atoms with Gasteiger partial charge in [0.05, 0.1) is 6.54 Å². The minimum Gasteiger partial charge on any atom is -0.370 e. The second kappa shape index (κ2) is 7.24. The predicted molar refractivity (Wildman–Crippen MR) is 80.5 cm³/mol. The van der Waals surface area contributed by atoms with Crippen molar-refractivity contribution in [1.29, 1.82) is 0 Å². The van der Waals surface area contributed by atoms with Crippen LogP contribution in [0.1, 0.15) is 31.7 Å². The van der Waals surface area contributed by atoms with Crippen LogP contribution in [0.15, 0.2) is 18.3 Å². The summed E-state index contributed by atoms with van der Waals surface area (Å²) in [5.41, 5.74) is 1.12. The lowest BCUT2D eigenvalue weighted by atomic mass is 10.2. The molecule has 1 fully saturated rings. The van der Waals surface area contributed by atoms with E-state index in [1.165, 1.54) is 0 Å².